The van der Waals surface area contributed by atoms with E-state index >= 15 is 0 Å². The second kappa shape index (κ2) is 6.02. The number of hydrogen-bond acceptors (Lipinski definition) is 3. The van der Waals surface area contributed by atoms with Crippen molar-refractivity contribution in [1.82, 2.24) is 10.3 Å². The van der Waals surface area contributed by atoms with Gasteiger partial charge < -0.3 is 10.1 Å². The number of ether oxygens (including phenoxy) is 1. The highest BCUT2D eigenvalue weighted by Gasteiger charge is 2.11. The third-order valence-electron chi connectivity index (χ3n) is 3.39. The van der Waals surface area contributed by atoms with E-state index < -0.39 is 0 Å². The Morgan fingerprint density at radius 2 is 1.95 bits per heavy atom. The van der Waals surface area contributed by atoms with Crippen molar-refractivity contribution in [3.63, 3.8) is 0 Å². The predicted octanol–water partition coefficient (Wildman–Crippen LogP) is 3.38. The second-order valence-electron chi connectivity index (χ2n) is 5.23. The van der Waals surface area contributed by atoms with E-state index in [1.54, 1.807) is 0 Å². The predicted molar refractivity (Wildman–Crippen MR) is 79.4 cm³/mol. The molecule has 0 aliphatic carbocycles. The van der Waals surface area contributed by atoms with Crippen LogP contribution in [0.1, 0.15) is 26.3 Å². The van der Waals surface area contributed by atoms with Crippen molar-refractivity contribution in [3.8, 4) is 5.88 Å². The molecule has 1 atom stereocenters. The van der Waals surface area contributed by atoms with Gasteiger partial charge in [0.15, 0.2) is 0 Å². The fraction of sp³-hybridized carbons (Fsp3) is 0.438. The standard InChI is InChI=1S/C16H22N2O/c1-11(2)12(3)19-16-9-13(10-17-4)14-7-5-6-8-15(14)18-16/h5-9,11-12,17H,10H2,1-4H3. The first-order chi connectivity index (χ1) is 9.11. The minimum atomic E-state index is 0.163. The smallest absolute Gasteiger partial charge is 0.214 e. The van der Waals surface area contributed by atoms with Crippen molar-refractivity contribution in [2.45, 2.75) is 33.4 Å². The average Bonchev–Trinajstić information content (AvgIpc) is 2.39. The van der Waals surface area contributed by atoms with Crippen LogP contribution in [-0.2, 0) is 6.54 Å². The summed E-state index contributed by atoms with van der Waals surface area (Å²) in [5.74, 6) is 1.19. The highest BCUT2D eigenvalue weighted by Crippen LogP contribution is 2.23. The van der Waals surface area contributed by atoms with E-state index in [9.17, 15) is 0 Å². The average molecular weight is 258 g/mol. The Labute approximate surface area is 115 Å². The first-order valence-corrected chi connectivity index (χ1v) is 6.81. The van der Waals surface area contributed by atoms with E-state index in [0.29, 0.717) is 11.8 Å². The van der Waals surface area contributed by atoms with Gasteiger partial charge in [0.2, 0.25) is 5.88 Å². The third-order valence-corrected chi connectivity index (χ3v) is 3.39. The molecule has 1 N–H and O–H groups in total. The monoisotopic (exact) mass is 258 g/mol. The first-order valence-electron chi connectivity index (χ1n) is 6.81. The number of hydrogen-bond donors (Lipinski definition) is 1. The number of para-hydroxylation sites is 1. The number of pyridine rings is 1. The summed E-state index contributed by atoms with van der Waals surface area (Å²) in [6, 6.07) is 10.2. The Balaban J connectivity index is 2.40. The van der Waals surface area contributed by atoms with Crippen LogP contribution in [-0.4, -0.2) is 18.1 Å². The van der Waals surface area contributed by atoms with Crippen molar-refractivity contribution in [3.05, 3.63) is 35.9 Å². The van der Waals surface area contributed by atoms with Crippen LogP contribution in [0.25, 0.3) is 10.9 Å². The summed E-state index contributed by atoms with van der Waals surface area (Å²) in [5, 5.41) is 4.38. The van der Waals surface area contributed by atoms with Crippen LogP contribution in [0.15, 0.2) is 30.3 Å². The lowest BCUT2D eigenvalue weighted by Crippen LogP contribution is -2.19. The molecule has 1 heterocycles. The van der Waals surface area contributed by atoms with E-state index in [-0.39, 0.29) is 6.10 Å². The molecule has 19 heavy (non-hydrogen) atoms. The molecule has 2 aromatic rings. The highest BCUT2D eigenvalue weighted by atomic mass is 16.5. The molecule has 0 radical (unpaired) electrons. The number of benzene rings is 1. The van der Waals surface area contributed by atoms with Gasteiger partial charge in [0.05, 0.1) is 11.6 Å². The Morgan fingerprint density at radius 1 is 1.21 bits per heavy atom. The molecular weight excluding hydrogens is 236 g/mol. The molecule has 0 spiro atoms. The third kappa shape index (κ3) is 3.24. The summed E-state index contributed by atoms with van der Waals surface area (Å²) in [6.45, 7) is 7.20. The number of aromatic nitrogens is 1. The number of fused-ring (bicyclic) bond motifs is 1. The van der Waals surface area contributed by atoms with E-state index in [2.05, 4.69) is 37.1 Å². The van der Waals surface area contributed by atoms with Gasteiger partial charge in [0.25, 0.3) is 0 Å². The van der Waals surface area contributed by atoms with Gasteiger partial charge in [-0.05, 0) is 31.5 Å². The van der Waals surface area contributed by atoms with Gasteiger partial charge in [-0.15, -0.1) is 0 Å². The molecule has 0 fully saturated rings. The minimum absolute atomic E-state index is 0.163. The quantitative estimate of drug-likeness (QED) is 0.892. The maximum atomic E-state index is 5.93. The maximum Gasteiger partial charge on any atom is 0.214 e. The number of rotatable bonds is 5. The fourth-order valence-electron chi connectivity index (χ4n) is 1.94. The van der Waals surface area contributed by atoms with Crippen LogP contribution in [0.3, 0.4) is 0 Å². The summed E-state index contributed by atoms with van der Waals surface area (Å²) in [5.41, 5.74) is 2.21. The molecule has 0 saturated heterocycles. The van der Waals surface area contributed by atoms with E-state index in [4.69, 9.17) is 4.74 Å². The fourth-order valence-corrected chi connectivity index (χ4v) is 1.94. The summed E-state index contributed by atoms with van der Waals surface area (Å²) in [4.78, 5) is 4.59. The van der Waals surface area contributed by atoms with Gasteiger partial charge in [0, 0.05) is 18.0 Å². The summed E-state index contributed by atoms with van der Waals surface area (Å²) in [7, 11) is 1.95. The topological polar surface area (TPSA) is 34.1 Å². The van der Waals surface area contributed by atoms with Gasteiger partial charge >= 0.3 is 0 Å². The molecule has 0 aliphatic heterocycles. The Bertz CT molecular complexity index is 551. The molecule has 3 heteroatoms. The molecule has 0 amide bonds. The van der Waals surface area contributed by atoms with Gasteiger partial charge in [-0.3, -0.25) is 0 Å². The first kappa shape index (κ1) is 13.8. The Hall–Kier alpha value is -1.61. The SMILES string of the molecule is CNCc1cc(OC(C)C(C)C)nc2ccccc12. The molecule has 0 saturated carbocycles. The lowest BCUT2D eigenvalue weighted by atomic mass is 10.1. The second-order valence-corrected chi connectivity index (χ2v) is 5.23. The van der Waals surface area contributed by atoms with E-state index in [0.717, 1.165) is 12.1 Å². The Kier molecular flexibility index (Phi) is 4.38. The summed E-state index contributed by atoms with van der Waals surface area (Å²) >= 11 is 0. The molecule has 3 nitrogen and oxygen atoms in total. The van der Waals surface area contributed by atoms with Crippen LogP contribution in [0.2, 0.25) is 0 Å². The zero-order chi connectivity index (χ0) is 13.8. The van der Waals surface area contributed by atoms with Crippen molar-refractivity contribution in [2.24, 2.45) is 5.92 Å². The van der Waals surface area contributed by atoms with Gasteiger partial charge in [-0.25, -0.2) is 4.98 Å². The lowest BCUT2D eigenvalue weighted by Gasteiger charge is -2.18. The molecule has 1 aromatic heterocycles. The van der Waals surface area contributed by atoms with E-state index in [1.807, 2.05) is 31.3 Å². The molecule has 1 aromatic carbocycles. The highest BCUT2D eigenvalue weighted by molar-refractivity contribution is 5.82. The molecule has 0 bridgehead atoms. The molecule has 102 valence electrons. The molecular formula is C16H22N2O. The molecule has 1 unspecified atom stereocenters. The normalized spacial score (nSPS) is 12.9. The summed E-state index contributed by atoms with van der Waals surface area (Å²) < 4.78 is 5.93. The van der Waals surface area contributed by atoms with E-state index in [1.165, 1.54) is 10.9 Å². The summed E-state index contributed by atoms with van der Waals surface area (Å²) in [6.07, 6.45) is 0.163. The van der Waals surface area contributed by atoms with Crippen molar-refractivity contribution < 1.29 is 4.74 Å². The zero-order valence-electron chi connectivity index (χ0n) is 12.1. The van der Waals surface area contributed by atoms with Crippen LogP contribution in [0.5, 0.6) is 5.88 Å². The van der Waals surface area contributed by atoms with Crippen molar-refractivity contribution in [2.75, 3.05) is 7.05 Å². The number of nitrogens with zero attached hydrogens (tertiary/aromatic N) is 1. The van der Waals surface area contributed by atoms with Crippen LogP contribution < -0.4 is 10.1 Å². The molecule has 2 rings (SSSR count). The largest absolute Gasteiger partial charge is 0.474 e. The zero-order valence-corrected chi connectivity index (χ0v) is 12.1. The minimum Gasteiger partial charge on any atom is -0.474 e. The van der Waals surface area contributed by atoms with Crippen molar-refractivity contribution >= 4 is 10.9 Å². The van der Waals surface area contributed by atoms with Gasteiger partial charge in [0.1, 0.15) is 0 Å². The molecule has 0 aliphatic rings. The lowest BCUT2D eigenvalue weighted by molar-refractivity contribution is 0.164. The van der Waals surface area contributed by atoms with Crippen molar-refractivity contribution in [1.29, 1.82) is 0 Å². The van der Waals surface area contributed by atoms with Crippen LogP contribution in [0.4, 0.5) is 0 Å². The maximum absolute atomic E-state index is 5.93. The van der Waals surface area contributed by atoms with Crippen LogP contribution >= 0.6 is 0 Å². The Morgan fingerprint density at radius 3 is 2.63 bits per heavy atom. The van der Waals surface area contributed by atoms with Crippen LogP contribution in [0, 0.1) is 5.92 Å². The number of nitrogens with one attached hydrogen (secondary N) is 1. The van der Waals surface area contributed by atoms with Gasteiger partial charge in [-0.2, -0.15) is 0 Å². The van der Waals surface area contributed by atoms with Gasteiger partial charge in [-0.1, -0.05) is 32.0 Å².